The van der Waals surface area contributed by atoms with Crippen LogP contribution in [-0.4, -0.2) is 67.4 Å². The highest BCUT2D eigenvalue weighted by Gasteiger charge is 2.21. The predicted octanol–water partition coefficient (Wildman–Crippen LogP) is 2.15. The van der Waals surface area contributed by atoms with Crippen LogP contribution in [0.15, 0.2) is 54.6 Å². The molecule has 0 aliphatic carbocycles. The molecule has 10 heteroatoms. The maximum absolute atomic E-state index is 12.6. The highest BCUT2D eigenvalue weighted by molar-refractivity contribution is 5.92. The third-order valence-electron chi connectivity index (χ3n) is 6.14. The lowest BCUT2D eigenvalue weighted by Crippen LogP contribution is -2.48. The Balaban J connectivity index is 1.11. The van der Waals surface area contributed by atoms with E-state index in [1.165, 1.54) is 5.56 Å². The fraction of sp³-hybridized carbons (Fsp3) is 0.320. The molecule has 1 aliphatic rings. The summed E-state index contributed by atoms with van der Waals surface area (Å²) in [4.78, 5) is 38.3. The number of anilines is 1. The molecule has 3 heterocycles. The second-order valence-corrected chi connectivity index (χ2v) is 8.66. The standard InChI is InChI=1S/C25H28N8O2/c1-18-26-24-20-9-5-6-10-21(20)27-25(33(24)30-18)29-28-22(34)11-12-23(35)32-15-13-31(14-16-32)17-19-7-3-2-4-8-19/h2-10H,11-17H2,1H3,(H,27,29)(H,28,34). The van der Waals surface area contributed by atoms with Gasteiger partial charge in [-0.3, -0.25) is 25.3 Å². The van der Waals surface area contributed by atoms with E-state index in [0.29, 0.717) is 30.5 Å². The van der Waals surface area contributed by atoms with Crippen molar-refractivity contribution in [2.75, 3.05) is 31.6 Å². The number of aromatic nitrogens is 4. The van der Waals surface area contributed by atoms with Crippen LogP contribution in [0.4, 0.5) is 5.95 Å². The van der Waals surface area contributed by atoms with Crippen LogP contribution in [-0.2, 0) is 16.1 Å². The summed E-state index contributed by atoms with van der Waals surface area (Å²) < 4.78 is 1.57. The fourth-order valence-electron chi connectivity index (χ4n) is 4.30. The van der Waals surface area contributed by atoms with Crippen LogP contribution < -0.4 is 10.9 Å². The molecule has 1 fully saturated rings. The lowest BCUT2D eigenvalue weighted by Gasteiger charge is -2.34. The van der Waals surface area contributed by atoms with E-state index in [1.54, 1.807) is 11.4 Å². The molecule has 0 radical (unpaired) electrons. The number of carbonyl (C=O) groups excluding carboxylic acids is 2. The van der Waals surface area contributed by atoms with Gasteiger partial charge in [0.2, 0.25) is 17.8 Å². The Morgan fingerprint density at radius 3 is 2.46 bits per heavy atom. The van der Waals surface area contributed by atoms with Gasteiger partial charge in [0.15, 0.2) is 5.65 Å². The first-order valence-corrected chi connectivity index (χ1v) is 11.8. The Hall–Kier alpha value is -4.05. The molecule has 1 saturated heterocycles. The van der Waals surface area contributed by atoms with E-state index in [9.17, 15) is 9.59 Å². The molecule has 0 unspecified atom stereocenters. The van der Waals surface area contributed by atoms with Crippen LogP contribution in [0, 0.1) is 6.92 Å². The van der Waals surface area contributed by atoms with Crippen molar-refractivity contribution in [3.05, 3.63) is 66.0 Å². The van der Waals surface area contributed by atoms with Crippen molar-refractivity contribution in [1.29, 1.82) is 0 Å². The zero-order valence-corrected chi connectivity index (χ0v) is 19.6. The topological polar surface area (TPSA) is 108 Å². The van der Waals surface area contributed by atoms with Crippen LogP contribution in [0.1, 0.15) is 24.2 Å². The zero-order chi connectivity index (χ0) is 24.2. The minimum absolute atomic E-state index is 0.00219. The minimum atomic E-state index is -0.291. The molecule has 10 nitrogen and oxygen atoms in total. The van der Waals surface area contributed by atoms with Gasteiger partial charge in [-0.05, 0) is 24.6 Å². The van der Waals surface area contributed by atoms with Crippen LogP contribution >= 0.6 is 0 Å². The normalized spacial score (nSPS) is 14.4. The largest absolute Gasteiger partial charge is 0.340 e. The quantitative estimate of drug-likeness (QED) is 0.397. The number of hydrazine groups is 1. The van der Waals surface area contributed by atoms with E-state index in [4.69, 9.17) is 0 Å². The van der Waals surface area contributed by atoms with Gasteiger partial charge >= 0.3 is 0 Å². The van der Waals surface area contributed by atoms with Crippen molar-refractivity contribution in [2.24, 2.45) is 0 Å². The van der Waals surface area contributed by atoms with Gasteiger partial charge in [0, 0.05) is 51.0 Å². The summed E-state index contributed by atoms with van der Waals surface area (Å²) in [5, 5.41) is 5.25. The highest BCUT2D eigenvalue weighted by Crippen LogP contribution is 2.20. The van der Waals surface area contributed by atoms with Crippen LogP contribution in [0.3, 0.4) is 0 Å². The predicted molar refractivity (Wildman–Crippen MR) is 132 cm³/mol. The second kappa shape index (κ2) is 10.1. The number of carbonyl (C=O) groups is 2. The summed E-state index contributed by atoms with van der Waals surface area (Å²) in [6, 6.07) is 18.0. The molecule has 2 N–H and O–H groups in total. The Morgan fingerprint density at radius 1 is 0.914 bits per heavy atom. The van der Waals surface area contributed by atoms with Gasteiger partial charge in [-0.1, -0.05) is 42.5 Å². The smallest absolute Gasteiger partial charge is 0.245 e. The molecule has 2 aromatic carbocycles. The van der Waals surface area contributed by atoms with Crippen molar-refractivity contribution >= 4 is 34.3 Å². The molecule has 1 aliphatic heterocycles. The number of benzene rings is 2. The number of nitrogens with zero attached hydrogens (tertiary/aromatic N) is 6. The van der Waals surface area contributed by atoms with E-state index in [0.717, 1.165) is 30.5 Å². The zero-order valence-electron chi connectivity index (χ0n) is 19.6. The van der Waals surface area contributed by atoms with Crippen molar-refractivity contribution in [3.8, 4) is 0 Å². The molecule has 5 rings (SSSR count). The number of nitrogens with one attached hydrogen (secondary N) is 2. The maximum atomic E-state index is 12.6. The van der Waals surface area contributed by atoms with Gasteiger partial charge in [-0.15, -0.1) is 5.10 Å². The van der Waals surface area contributed by atoms with Crippen LogP contribution in [0.5, 0.6) is 0 Å². The average molecular weight is 473 g/mol. The molecule has 2 aromatic heterocycles. The number of para-hydroxylation sites is 1. The summed E-state index contributed by atoms with van der Waals surface area (Å²) in [5.74, 6) is 0.666. The number of piperazine rings is 1. The molecule has 4 aromatic rings. The summed E-state index contributed by atoms with van der Waals surface area (Å²) in [6.07, 6.45) is 0.248. The number of fused-ring (bicyclic) bond motifs is 3. The summed E-state index contributed by atoms with van der Waals surface area (Å²) in [5.41, 5.74) is 8.16. The monoisotopic (exact) mass is 472 g/mol. The van der Waals surface area contributed by atoms with E-state index in [-0.39, 0.29) is 24.7 Å². The molecule has 2 amide bonds. The van der Waals surface area contributed by atoms with E-state index in [2.05, 4.69) is 43.0 Å². The molecule has 180 valence electrons. The fourth-order valence-corrected chi connectivity index (χ4v) is 4.30. The third-order valence-corrected chi connectivity index (χ3v) is 6.14. The Kier molecular flexibility index (Phi) is 6.53. The van der Waals surface area contributed by atoms with Crippen LogP contribution in [0.2, 0.25) is 0 Å². The van der Waals surface area contributed by atoms with Crippen molar-refractivity contribution in [3.63, 3.8) is 0 Å². The molecule has 0 spiro atoms. The van der Waals surface area contributed by atoms with Crippen molar-refractivity contribution in [1.82, 2.24) is 34.8 Å². The van der Waals surface area contributed by atoms with Gasteiger partial charge < -0.3 is 4.90 Å². The number of rotatable bonds is 7. The van der Waals surface area contributed by atoms with Gasteiger partial charge in [0.1, 0.15) is 5.82 Å². The molecule has 35 heavy (non-hydrogen) atoms. The van der Waals surface area contributed by atoms with Crippen molar-refractivity contribution in [2.45, 2.75) is 26.3 Å². The average Bonchev–Trinajstić information content (AvgIpc) is 3.29. The first kappa shape index (κ1) is 22.7. The summed E-state index contributed by atoms with van der Waals surface area (Å²) in [6.45, 7) is 5.70. The molecular formula is C25H28N8O2. The first-order valence-electron chi connectivity index (χ1n) is 11.8. The maximum Gasteiger partial charge on any atom is 0.245 e. The summed E-state index contributed by atoms with van der Waals surface area (Å²) >= 11 is 0. The van der Waals surface area contributed by atoms with E-state index < -0.39 is 0 Å². The Labute approximate surface area is 202 Å². The van der Waals surface area contributed by atoms with Crippen LogP contribution in [0.25, 0.3) is 16.6 Å². The molecule has 0 saturated carbocycles. The third kappa shape index (κ3) is 5.22. The lowest BCUT2D eigenvalue weighted by atomic mass is 10.2. The number of amides is 2. The van der Waals surface area contributed by atoms with Gasteiger partial charge in [0.25, 0.3) is 0 Å². The first-order chi connectivity index (χ1) is 17.1. The molecule has 0 bridgehead atoms. The number of aryl methyl sites for hydroxylation is 1. The highest BCUT2D eigenvalue weighted by atomic mass is 16.2. The SMILES string of the molecule is Cc1nc2c3ccccc3nc(NNC(=O)CCC(=O)N3CCN(Cc4ccccc4)CC3)n2n1. The Morgan fingerprint density at radius 2 is 1.66 bits per heavy atom. The lowest BCUT2D eigenvalue weighted by molar-refractivity contribution is -0.135. The Bertz CT molecular complexity index is 1350. The molecule has 0 atom stereocenters. The van der Waals surface area contributed by atoms with Crippen molar-refractivity contribution < 1.29 is 9.59 Å². The number of hydrogen-bond acceptors (Lipinski definition) is 7. The minimum Gasteiger partial charge on any atom is -0.340 e. The van der Waals surface area contributed by atoms with E-state index >= 15 is 0 Å². The number of hydrogen-bond donors (Lipinski definition) is 2. The van der Waals surface area contributed by atoms with Gasteiger partial charge in [-0.2, -0.15) is 4.52 Å². The summed E-state index contributed by atoms with van der Waals surface area (Å²) in [7, 11) is 0. The molecular weight excluding hydrogens is 444 g/mol. The van der Waals surface area contributed by atoms with Gasteiger partial charge in [0.05, 0.1) is 5.52 Å². The van der Waals surface area contributed by atoms with Gasteiger partial charge in [-0.25, -0.2) is 9.97 Å². The van der Waals surface area contributed by atoms with E-state index in [1.807, 2.05) is 47.4 Å². The second-order valence-electron chi connectivity index (χ2n) is 8.66.